The van der Waals surface area contributed by atoms with Crippen LogP contribution in [0, 0.1) is 0 Å². The van der Waals surface area contributed by atoms with Gasteiger partial charge in [0.25, 0.3) is 0 Å². The fourth-order valence-electron chi connectivity index (χ4n) is 11.6. The molecule has 2 unspecified atom stereocenters. The standard InChI is InChI=1S/C62H39N/c1-2-16-40(17-3-1)63-59-32-30-38(53-36-57-45-22-6-4-18-41(45)43-20-8-12-26-49(43)61(57)51-28-14-10-24-47(51)53)34-55(59)56-35-39(31-33-60(56)63)54-37-58-46-23-7-5-19-42(46)44-21-9-13-27-50(44)62(58)52-29-15-11-25-48(52)54/h1-37,55,59H. The number of para-hydroxylation sites is 1. The molecule has 0 saturated heterocycles. The van der Waals surface area contributed by atoms with Gasteiger partial charge in [0.2, 0.25) is 0 Å². The van der Waals surface area contributed by atoms with Gasteiger partial charge in [0.1, 0.15) is 0 Å². The number of nitrogens with zero attached hydrogens (tertiary/aromatic N) is 1. The molecule has 1 heteroatoms. The fraction of sp³-hybridized carbons (Fsp3) is 0.0323. The number of allylic oxidation sites excluding steroid dienone is 2. The molecule has 0 amide bonds. The van der Waals surface area contributed by atoms with E-state index in [1.807, 2.05) is 0 Å². The Labute approximate surface area is 365 Å². The van der Waals surface area contributed by atoms with Crippen LogP contribution in [0.4, 0.5) is 11.4 Å². The van der Waals surface area contributed by atoms with E-state index >= 15 is 0 Å². The highest BCUT2D eigenvalue weighted by Crippen LogP contribution is 2.52. The summed E-state index contributed by atoms with van der Waals surface area (Å²) in [5.41, 5.74) is 8.91. The smallest absolute Gasteiger partial charge is 0.0630 e. The zero-order valence-electron chi connectivity index (χ0n) is 34.5. The molecular weight excluding hydrogens is 759 g/mol. The van der Waals surface area contributed by atoms with Crippen molar-refractivity contribution in [3.8, 4) is 11.1 Å². The van der Waals surface area contributed by atoms with Gasteiger partial charge in [-0.2, -0.15) is 0 Å². The van der Waals surface area contributed by atoms with Crippen LogP contribution in [0.15, 0.2) is 224 Å². The quantitative estimate of drug-likeness (QED) is 0.161. The van der Waals surface area contributed by atoms with Gasteiger partial charge in [0, 0.05) is 17.3 Å². The average Bonchev–Trinajstić information content (AvgIpc) is 3.69. The first-order chi connectivity index (χ1) is 31.3. The van der Waals surface area contributed by atoms with Crippen molar-refractivity contribution in [3.63, 3.8) is 0 Å². The SMILES string of the molecule is C1=CC2C(C=C1c1cc3c4ccccc4c4ccccc4c3c3ccccc13)c1cc(-c3cc4c5ccccc5c5ccccc5c4c4ccccc34)ccc1N2c1ccccc1. The Bertz CT molecular complexity index is 3980. The molecule has 0 N–H and O–H groups in total. The Kier molecular flexibility index (Phi) is 7.29. The van der Waals surface area contributed by atoms with Crippen LogP contribution < -0.4 is 4.90 Å². The van der Waals surface area contributed by atoms with Gasteiger partial charge in [0.15, 0.2) is 0 Å². The number of hydrogen-bond donors (Lipinski definition) is 0. The van der Waals surface area contributed by atoms with E-state index in [9.17, 15) is 0 Å². The van der Waals surface area contributed by atoms with E-state index in [0.29, 0.717) is 0 Å². The first-order valence-corrected chi connectivity index (χ1v) is 22.2. The molecule has 1 heterocycles. The molecule has 63 heavy (non-hydrogen) atoms. The van der Waals surface area contributed by atoms with Crippen molar-refractivity contribution in [2.75, 3.05) is 4.90 Å². The number of rotatable bonds is 3. The van der Waals surface area contributed by atoms with Crippen LogP contribution in [0.3, 0.4) is 0 Å². The van der Waals surface area contributed by atoms with Crippen molar-refractivity contribution in [2.45, 2.75) is 12.0 Å². The van der Waals surface area contributed by atoms with Crippen molar-refractivity contribution in [1.82, 2.24) is 0 Å². The molecule has 1 nitrogen and oxygen atoms in total. The topological polar surface area (TPSA) is 3.24 Å². The van der Waals surface area contributed by atoms with Gasteiger partial charge < -0.3 is 4.90 Å². The summed E-state index contributed by atoms with van der Waals surface area (Å²) in [6.07, 6.45) is 7.44. The minimum Gasteiger partial charge on any atom is -0.333 e. The molecule has 2 aliphatic rings. The highest BCUT2D eigenvalue weighted by atomic mass is 15.2. The van der Waals surface area contributed by atoms with Crippen LogP contribution in [-0.4, -0.2) is 6.04 Å². The summed E-state index contributed by atoms with van der Waals surface area (Å²) in [7, 11) is 0. The zero-order valence-corrected chi connectivity index (χ0v) is 34.5. The van der Waals surface area contributed by atoms with Crippen molar-refractivity contribution in [2.24, 2.45) is 0 Å². The van der Waals surface area contributed by atoms with E-state index < -0.39 is 0 Å². The van der Waals surface area contributed by atoms with Crippen LogP contribution in [0.25, 0.3) is 103 Å². The molecule has 0 fully saturated rings. The molecule has 1 aliphatic carbocycles. The second kappa shape index (κ2) is 13.2. The Morgan fingerprint density at radius 2 is 0.746 bits per heavy atom. The molecule has 12 aromatic carbocycles. The van der Waals surface area contributed by atoms with Gasteiger partial charge in [-0.05, 0) is 150 Å². The lowest BCUT2D eigenvalue weighted by Gasteiger charge is -2.30. The minimum absolute atomic E-state index is 0.138. The third-order valence-electron chi connectivity index (χ3n) is 14.3. The predicted molar refractivity (Wildman–Crippen MR) is 271 cm³/mol. The van der Waals surface area contributed by atoms with Crippen LogP contribution in [0.5, 0.6) is 0 Å². The van der Waals surface area contributed by atoms with Crippen molar-refractivity contribution >= 4 is 103 Å². The molecule has 12 aromatic rings. The summed E-state index contributed by atoms with van der Waals surface area (Å²) < 4.78 is 0. The Hall–Kier alpha value is -8.00. The monoisotopic (exact) mass is 797 g/mol. The number of benzene rings is 12. The molecule has 14 rings (SSSR count). The maximum absolute atomic E-state index is 2.57. The van der Waals surface area contributed by atoms with Gasteiger partial charge in [0.05, 0.1) is 6.04 Å². The van der Waals surface area contributed by atoms with Crippen molar-refractivity contribution in [3.05, 3.63) is 236 Å². The van der Waals surface area contributed by atoms with Crippen molar-refractivity contribution < 1.29 is 0 Å². The highest BCUT2D eigenvalue weighted by Gasteiger charge is 2.39. The van der Waals surface area contributed by atoms with Crippen LogP contribution in [0.2, 0.25) is 0 Å². The summed E-state index contributed by atoms with van der Waals surface area (Å²) in [6, 6.07) is 77.1. The molecule has 0 bridgehead atoms. The normalized spacial score (nSPS) is 15.9. The van der Waals surface area contributed by atoms with Gasteiger partial charge in [-0.25, -0.2) is 0 Å². The van der Waals surface area contributed by atoms with Gasteiger partial charge in [-0.3, -0.25) is 0 Å². The molecule has 0 aromatic heterocycles. The first kappa shape index (κ1) is 34.7. The predicted octanol–water partition coefficient (Wildman–Crippen LogP) is 16.8. The van der Waals surface area contributed by atoms with Crippen molar-refractivity contribution in [1.29, 1.82) is 0 Å². The summed E-state index contributed by atoms with van der Waals surface area (Å²) in [4.78, 5) is 2.56. The van der Waals surface area contributed by atoms with Crippen LogP contribution in [0.1, 0.15) is 17.0 Å². The summed E-state index contributed by atoms with van der Waals surface area (Å²) in [6.45, 7) is 0. The largest absolute Gasteiger partial charge is 0.333 e. The van der Waals surface area contributed by atoms with Crippen LogP contribution in [-0.2, 0) is 0 Å². The molecule has 0 radical (unpaired) electrons. The number of hydrogen-bond acceptors (Lipinski definition) is 1. The van der Waals surface area contributed by atoms with Gasteiger partial charge in [-0.15, -0.1) is 0 Å². The second-order valence-electron chi connectivity index (χ2n) is 17.4. The average molecular weight is 798 g/mol. The van der Waals surface area contributed by atoms with Crippen LogP contribution >= 0.6 is 0 Å². The Morgan fingerprint density at radius 3 is 1.29 bits per heavy atom. The number of anilines is 2. The number of fused-ring (bicyclic) bond motifs is 19. The van der Waals surface area contributed by atoms with Gasteiger partial charge in [-0.1, -0.05) is 188 Å². The minimum atomic E-state index is 0.138. The zero-order chi connectivity index (χ0) is 41.2. The summed E-state index contributed by atoms with van der Waals surface area (Å²) in [5, 5.41) is 20.8. The first-order valence-electron chi connectivity index (χ1n) is 22.2. The summed E-state index contributed by atoms with van der Waals surface area (Å²) >= 11 is 0. The van der Waals surface area contributed by atoms with E-state index in [4.69, 9.17) is 0 Å². The third-order valence-corrected chi connectivity index (χ3v) is 14.3. The molecule has 2 atom stereocenters. The van der Waals surface area contributed by atoms with E-state index in [2.05, 4.69) is 229 Å². The third kappa shape index (κ3) is 4.94. The molecular formula is C62H39N. The van der Waals surface area contributed by atoms with E-state index in [-0.39, 0.29) is 12.0 Å². The van der Waals surface area contributed by atoms with E-state index in [1.165, 1.54) is 125 Å². The molecule has 0 spiro atoms. The van der Waals surface area contributed by atoms with E-state index in [0.717, 1.165) is 0 Å². The van der Waals surface area contributed by atoms with Gasteiger partial charge >= 0.3 is 0 Å². The maximum Gasteiger partial charge on any atom is 0.0630 e. The molecule has 1 aliphatic heterocycles. The lowest BCUT2D eigenvalue weighted by molar-refractivity contribution is 0.747. The fourth-order valence-corrected chi connectivity index (χ4v) is 11.6. The highest BCUT2D eigenvalue weighted by molar-refractivity contribution is 6.34. The second-order valence-corrected chi connectivity index (χ2v) is 17.4. The lowest BCUT2D eigenvalue weighted by atomic mass is 9.82. The maximum atomic E-state index is 2.57. The van der Waals surface area contributed by atoms with E-state index in [1.54, 1.807) is 0 Å². The summed E-state index contributed by atoms with van der Waals surface area (Å²) in [5.74, 6) is 0.138. The Morgan fingerprint density at radius 1 is 0.333 bits per heavy atom. The Balaban J connectivity index is 1.01. The molecule has 0 saturated carbocycles. The molecule has 292 valence electrons. The lowest BCUT2D eigenvalue weighted by Crippen LogP contribution is -2.28.